The fraction of sp³-hybridized carbons (Fsp3) is 0.333. The Labute approximate surface area is 112 Å². The average molecular weight is 258 g/mol. The number of aromatic nitrogens is 2. The first-order chi connectivity index (χ1) is 8.97. The fourth-order valence-corrected chi connectivity index (χ4v) is 2.15. The van der Waals surface area contributed by atoms with Gasteiger partial charge in [0.1, 0.15) is 5.82 Å². The molecule has 1 atom stereocenters. The Kier molecular flexibility index (Phi) is 3.69. The second-order valence-electron chi connectivity index (χ2n) is 4.96. The molecule has 0 bridgehead atoms. The van der Waals surface area contributed by atoms with Crippen LogP contribution in [0.2, 0.25) is 0 Å². The first-order valence-electron chi connectivity index (χ1n) is 6.32. The predicted octanol–water partition coefficient (Wildman–Crippen LogP) is 3.27. The van der Waals surface area contributed by atoms with Crippen LogP contribution in [-0.4, -0.2) is 21.0 Å². The number of carbonyl (C=O) groups is 1. The average Bonchev–Trinajstić information content (AvgIpc) is 2.70. The lowest BCUT2D eigenvalue weighted by Crippen LogP contribution is -2.04. The zero-order valence-electron chi connectivity index (χ0n) is 11.4. The Hall–Kier alpha value is -2.10. The molecular formula is C15H18N2O2. The molecule has 2 rings (SSSR count). The minimum atomic E-state index is -0.807. The summed E-state index contributed by atoms with van der Waals surface area (Å²) in [6.45, 7) is 5.87. The lowest BCUT2D eigenvalue weighted by Gasteiger charge is -2.03. The van der Waals surface area contributed by atoms with Crippen LogP contribution in [0.5, 0.6) is 0 Å². The Morgan fingerprint density at radius 2 is 2.16 bits per heavy atom. The summed E-state index contributed by atoms with van der Waals surface area (Å²) in [5.74, 6) is -0.190. The number of hydrogen-bond donors (Lipinski definition) is 2. The molecule has 19 heavy (non-hydrogen) atoms. The minimum Gasteiger partial charge on any atom is -0.481 e. The number of H-pyrrole nitrogens is 1. The predicted molar refractivity (Wildman–Crippen MR) is 74.2 cm³/mol. The van der Waals surface area contributed by atoms with E-state index in [2.05, 4.69) is 16.0 Å². The highest BCUT2D eigenvalue weighted by molar-refractivity contribution is 5.68. The van der Waals surface area contributed by atoms with Gasteiger partial charge >= 0.3 is 5.97 Å². The first-order valence-corrected chi connectivity index (χ1v) is 6.32. The van der Waals surface area contributed by atoms with E-state index in [4.69, 9.17) is 5.11 Å². The van der Waals surface area contributed by atoms with Crippen LogP contribution >= 0.6 is 0 Å². The maximum absolute atomic E-state index is 10.7. The van der Waals surface area contributed by atoms with Gasteiger partial charge < -0.3 is 10.1 Å². The lowest BCUT2D eigenvalue weighted by atomic mass is 10.1. The highest BCUT2D eigenvalue weighted by atomic mass is 16.4. The second kappa shape index (κ2) is 5.26. The van der Waals surface area contributed by atoms with Crippen molar-refractivity contribution in [2.45, 2.75) is 33.1 Å². The number of imidazole rings is 1. The Morgan fingerprint density at radius 3 is 2.79 bits per heavy atom. The van der Waals surface area contributed by atoms with Gasteiger partial charge in [-0.2, -0.15) is 0 Å². The van der Waals surface area contributed by atoms with Crippen molar-refractivity contribution in [3.8, 4) is 11.3 Å². The smallest absolute Gasteiger partial charge is 0.304 e. The van der Waals surface area contributed by atoms with Crippen LogP contribution in [0.25, 0.3) is 11.3 Å². The summed E-state index contributed by atoms with van der Waals surface area (Å²) < 4.78 is 0. The van der Waals surface area contributed by atoms with Crippen molar-refractivity contribution in [3.63, 3.8) is 0 Å². The van der Waals surface area contributed by atoms with Gasteiger partial charge in [0.15, 0.2) is 0 Å². The SMILES string of the molecule is Cc1cccc(-c2nc(C(C)CC(=O)O)[nH]c2C)c1. The second-order valence-corrected chi connectivity index (χ2v) is 4.96. The topological polar surface area (TPSA) is 66.0 Å². The maximum atomic E-state index is 10.7. The van der Waals surface area contributed by atoms with E-state index in [1.165, 1.54) is 5.56 Å². The number of benzene rings is 1. The van der Waals surface area contributed by atoms with Gasteiger partial charge in [0, 0.05) is 17.2 Å². The monoisotopic (exact) mass is 258 g/mol. The van der Waals surface area contributed by atoms with E-state index in [1.807, 2.05) is 39.0 Å². The van der Waals surface area contributed by atoms with E-state index in [0.29, 0.717) is 0 Å². The van der Waals surface area contributed by atoms with Crippen LogP contribution in [0, 0.1) is 13.8 Å². The number of carboxylic acids is 1. The van der Waals surface area contributed by atoms with Crippen LogP contribution in [0.15, 0.2) is 24.3 Å². The summed E-state index contributed by atoms with van der Waals surface area (Å²) in [5, 5.41) is 8.83. The number of nitrogens with one attached hydrogen (secondary N) is 1. The third kappa shape index (κ3) is 3.02. The van der Waals surface area contributed by atoms with E-state index in [0.717, 1.165) is 22.8 Å². The summed E-state index contributed by atoms with van der Waals surface area (Å²) in [4.78, 5) is 18.5. The maximum Gasteiger partial charge on any atom is 0.304 e. The van der Waals surface area contributed by atoms with Crippen LogP contribution in [0.4, 0.5) is 0 Å². The van der Waals surface area contributed by atoms with Gasteiger partial charge in [0.25, 0.3) is 0 Å². The van der Waals surface area contributed by atoms with Gasteiger partial charge in [-0.05, 0) is 19.9 Å². The standard InChI is InChI=1S/C15H18N2O2/c1-9-5-4-6-12(7-9)14-11(3)16-15(17-14)10(2)8-13(18)19/h4-7,10H,8H2,1-3H3,(H,16,17)(H,18,19). The molecule has 1 aromatic carbocycles. The van der Waals surface area contributed by atoms with Crippen molar-refractivity contribution in [1.29, 1.82) is 0 Å². The molecule has 2 N–H and O–H groups in total. The molecule has 4 nitrogen and oxygen atoms in total. The molecule has 1 unspecified atom stereocenters. The summed E-state index contributed by atoms with van der Waals surface area (Å²) >= 11 is 0. The van der Waals surface area contributed by atoms with Crippen LogP contribution in [0.1, 0.15) is 36.3 Å². The third-order valence-corrected chi connectivity index (χ3v) is 3.14. The molecule has 4 heteroatoms. The summed E-state index contributed by atoms with van der Waals surface area (Å²) in [7, 11) is 0. The van der Waals surface area contributed by atoms with Crippen molar-refractivity contribution in [3.05, 3.63) is 41.3 Å². The van der Waals surface area contributed by atoms with Crippen molar-refractivity contribution >= 4 is 5.97 Å². The number of nitrogens with zero attached hydrogens (tertiary/aromatic N) is 1. The Bertz CT molecular complexity index is 602. The minimum absolute atomic E-state index is 0.0835. The molecule has 0 aliphatic carbocycles. The van der Waals surface area contributed by atoms with Gasteiger partial charge in [0.2, 0.25) is 0 Å². The molecule has 0 fully saturated rings. The third-order valence-electron chi connectivity index (χ3n) is 3.14. The number of carboxylic acid groups (broad SMARTS) is 1. The molecule has 0 aliphatic heterocycles. The van der Waals surface area contributed by atoms with Crippen molar-refractivity contribution in [2.24, 2.45) is 0 Å². The van der Waals surface area contributed by atoms with E-state index >= 15 is 0 Å². The van der Waals surface area contributed by atoms with E-state index in [9.17, 15) is 4.79 Å². The number of rotatable bonds is 4. The van der Waals surface area contributed by atoms with Gasteiger partial charge in [-0.25, -0.2) is 4.98 Å². The van der Waals surface area contributed by atoms with Crippen LogP contribution in [-0.2, 0) is 4.79 Å². The highest BCUT2D eigenvalue weighted by Crippen LogP contribution is 2.25. The lowest BCUT2D eigenvalue weighted by molar-refractivity contribution is -0.137. The molecular weight excluding hydrogens is 240 g/mol. The van der Waals surface area contributed by atoms with Gasteiger partial charge in [0.05, 0.1) is 12.1 Å². The zero-order valence-corrected chi connectivity index (χ0v) is 11.4. The first kappa shape index (κ1) is 13.3. The molecule has 100 valence electrons. The molecule has 2 aromatic rings. The quantitative estimate of drug-likeness (QED) is 0.884. The number of aryl methyl sites for hydroxylation is 2. The normalized spacial score (nSPS) is 12.4. The summed E-state index contributed by atoms with van der Waals surface area (Å²) in [6.07, 6.45) is 0.0835. The van der Waals surface area contributed by atoms with Crippen molar-refractivity contribution < 1.29 is 9.90 Å². The summed E-state index contributed by atoms with van der Waals surface area (Å²) in [6, 6.07) is 8.13. The highest BCUT2D eigenvalue weighted by Gasteiger charge is 2.16. The van der Waals surface area contributed by atoms with Crippen molar-refractivity contribution in [1.82, 2.24) is 9.97 Å². The van der Waals surface area contributed by atoms with Crippen LogP contribution < -0.4 is 0 Å². The van der Waals surface area contributed by atoms with E-state index < -0.39 is 5.97 Å². The number of aromatic amines is 1. The van der Waals surface area contributed by atoms with E-state index in [-0.39, 0.29) is 12.3 Å². The molecule has 0 saturated heterocycles. The fourth-order valence-electron chi connectivity index (χ4n) is 2.15. The molecule has 0 spiro atoms. The van der Waals surface area contributed by atoms with E-state index in [1.54, 1.807) is 0 Å². The van der Waals surface area contributed by atoms with Crippen molar-refractivity contribution in [2.75, 3.05) is 0 Å². The van der Waals surface area contributed by atoms with Gasteiger partial charge in [-0.15, -0.1) is 0 Å². The number of aliphatic carboxylic acids is 1. The van der Waals surface area contributed by atoms with Gasteiger partial charge in [-0.3, -0.25) is 4.79 Å². The molecule has 1 heterocycles. The zero-order chi connectivity index (χ0) is 14.0. The molecule has 1 aromatic heterocycles. The van der Waals surface area contributed by atoms with Gasteiger partial charge in [-0.1, -0.05) is 30.7 Å². The Balaban J connectivity index is 2.33. The van der Waals surface area contributed by atoms with Crippen LogP contribution in [0.3, 0.4) is 0 Å². The summed E-state index contributed by atoms with van der Waals surface area (Å²) in [5.41, 5.74) is 4.11. The Morgan fingerprint density at radius 1 is 1.42 bits per heavy atom. The molecule has 0 amide bonds. The largest absolute Gasteiger partial charge is 0.481 e. The molecule has 0 saturated carbocycles. The molecule has 0 aliphatic rings. The number of hydrogen-bond acceptors (Lipinski definition) is 2. The molecule has 0 radical (unpaired) electrons.